The van der Waals surface area contributed by atoms with Crippen molar-refractivity contribution < 1.29 is 14.4 Å². The van der Waals surface area contributed by atoms with Gasteiger partial charge in [0.2, 0.25) is 0 Å². The molecular formula is C9H9N3O3. The molecule has 0 fully saturated rings. The molecule has 0 radical (unpaired) electrons. The number of nitrogens with two attached hydrogens (primary N) is 1. The van der Waals surface area contributed by atoms with Gasteiger partial charge in [-0.15, -0.1) is 0 Å². The highest BCUT2D eigenvalue weighted by Crippen LogP contribution is 2.28. The lowest BCUT2D eigenvalue weighted by Gasteiger charge is -2.06. The second-order valence-corrected chi connectivity index (χ2v) is 2.83. The van der Waals surface area contributed by atoms with Gasteiger partial charge in [0, 0.05) is 0 Å². The molecule has 0 atom stereocenters. The molecule has 0 saturated carbocycles. The fourth-order valence-electron chi connectivity index (χ4n) is 1.37. The molecule has 0 aliphatic heterocycles. The van der Waals surface area contributed by atoms with Gasteiger partial charge in [-0.3, -0.25) is 0 Å². The fraction of sp³-hybridized carbons (Fsp3) is 0.111. The number of fused-ring (bicyclic) bond motifs is 1. The third kappa shape index (κ3) is 1.35. The van der Waals surface area contributed by atoms with Crippen molar-refractivity contribution in [2.75, 3.05) is 7.11 Å². The second kappa shape index (κ2) is 3.49. The van der Waals surface area contributed by atoms with Gasteiger partial charge in [-0.05, 0) is 12.1 Å². The number of benzene rings is 1. The number of methoxy groups -OCH3 is 1. The quantitative estimate of drug-likeness (QED) is 0.330. The van der Waals surface area contributed by atoms with Crippen LogP contribution in [0.1, 0.15) is 5.56 Å². The maximum absolute atomic E-state index is 8.59. The first-order chi connectivity index (χ1) is 7.27. The highest BCUT2D eigenvalue weighted by atomic mass is 16.5. The van der Waals surface area contributed by atoms with E-state index in [0.29, 0.717) is 22.4 Å². The van der Waals surface area contributed by atoms with Gasteiger partial charge in [-0.2, -0.15) is 0 Å². The molecule has 1 aromatic carbocycles. The maximum atomic E-state index is 8.59. The molecule has 0 aliphatic rings. The number of aromatic nitrogens is 1. The van der Waals surface area contributed by atoms with E-state index in [4.69, 9.17) is 20.1 Å². The fourth-order valence-corrected chi connectivity index (χ4v) is 1.37. The Balaban J connectivity index is 2.74. The third-order valence-electron chi connectivity index (χ3n) is 2.04. The lowest BCUT2D eigenvalue weighted by molar-refractivity contribution is 0.318. The van der Waals surface area contributed by atoms with Gasteiger partial charge in [-0.25, -0.2) is 4.98 Å². The Morgan fingerprint density at radius 3 is 3.07 bits per heavy atom. The van der Waals surface area contributed by atoms with E-state index in [-0.39, 0.29) is 5.84 Å². The number of nitrogens with zero attached hydrogens (tertiary/aromatic N) is 2. The summed E-state index contributed by atoms with van der Waals surface area (Å²) in [5.41, 5.74) is 7.09. The Labute approximate surface area is 85.0 Å². The van der Waals surface area contributed by atoms with Crippen LogP contribution >= 0.6 is 0 Å². The first-order valence-corrected chi connectivity index (χ1v) is 4.16. The summed E-state index contributed by atoms with van der Waals surface area (Å²) in [5.74, 6) is 0.397. The minimum Gasteiger partial charge on any atom is -0.494 e. The molecule has 1 heterocycles. The van der Waals surface area contributed by atoms with Crippen molar-refractivity contribution >= 4 is 16.9 Å². The largest absolute Gasteiger partial charge is 0.494 e. The predicted octanol–water partition coefficient (Wildman–Crippen LogP) is 0.931. The molecule has 2 aromatic rings. The van der Waals surface area contributed by atoms with Crippen molar-refractivity contribution in [3.63, 3.8) is 0 Å². The van der Waals surface area contributed by atoms with Crippen molar-refractivity contribution in [3.05, 3.63) is 24.1 Å². The summed E-state index contributed by atoms with van der Waals surface area (Å²) in [5, 5.41) is 11.5. The van der Waals surface area contributed by atoms with Crippen LogP contribution in [0.5, 0.6) is 5.75 Å². The molecular weight excluding hydrogens is 198 g/mol. The standard InChI is InChI=1S/C9H9N3O3/c1-14-8-5(9(10)12-13)2-3-6-7(8)11-4-15-6/h2-4,13H,1H3,(H2,10,12). The summed E-state index contributed by atoms with van der Waals surface area (Å²) >= 11 is 0. The van der Waals surface area contributed by atoms with Crippen LogP contribution in [0.15, 0.2) is 28.1 Å². The monoisotopic (exact) mass is 207 g/mol. The number of oxime groups is 1. The van der Waals surface area contributed by atoms with Crippen LogP contribution in [-0.4, -0.2) is 23.1 Å². The highest BCUT2D eigenvalue weighted by Gasteiger charge is 2.14. The van der Waals surface area contributed by atoms with Gasteiger partial charge in [0.05, 0.1) is 12.7 Å². The van der Waals surface area contributed by atoms with Crippen LogP contribution < -0.4 is 10.5 Å². The topological polar surface area (TPSA) is 93.9 Å². The van der Waals surface area contributed by atoms with Crippen molar-refractivity contribution in [3.8, 4) is 5.75 Å². The van der Waals surface area contributed by atoms with E-state index >= 15 is 0 Å². The molecule has 6 nitrogen and oxygen atoms in total. The molecule has 1 aromatic heterocycles. The van der Waals surface area contributed by atoms with E-state index in [1.807, 2.05) is 0 Å². The molecule has 0 amide bonds. The SMILES string of the molecule is COc1c(/C(N)=N\O)ccc2ocnc12. The molecule has 0 spiro atoms. The summed E-state index contributed by atoms with van der Waals surface area (Å²) in [6, 6.07) is 3.32. The van der Waals surface area contributed by atoms with Crippen molar-refractivity contribution in [1.29, 1.82) is 0 Å². The van der Waals surface area contributed by atoms with Gasteiger partial charge in [0.15, 0.2) is 29.1 Å². The van der Waals surface area contributed by atoms with Gasteiger partial charge in [-0.1, -0.05) is 5.16 Å². The van der Waals surface area contributed by atoms with E-state index in [1.165, 1.54) is 13.5 Å². The van der Waals surface area contributed by atoms with Crippen LogP contribution in [0, 0.1) is 0 Å². The number of oxazole rings is 1. The van der Waals surface area contributed by atoms with Crippen LogP contribution in [0.4, 0.5) is 0 Å². The molecule has 3 N–H and O–H groups in total. The maximum Gasteiger partial charge on any atom is 0.182 e. The van der Waals surface area contributed by atoms with Crippen LogP contribution in [0.25, 0.3) is 11.1 Å². The van der Waals surface area contributed by atoms with E-state index in [2.05, 4.69) is 10.1 Å². The average Bonchev–Trinajstić information content (AvgIpc) is 2.74. The Bertz CT molecular complexity index is 518. The smallest absolute Gasteiger partial charge is 0.182 e. The van der Waals surface area contributed by atoms with Gasteiger partial charge >= 0.3 is 0 Å². The van der Waals surface area contributed by atoms with E-state index < -0.39 is 0 Å². The zero-order valence-electron chi connectivity index (χ0n) is 7.97. The molecule has 0 saturated heterocycles. The van der Waals surface area contributed by atoms with Crippen LogP contribution in [-0.2, 0) is 0 Å². The molecule has 0 bridgehead atoms. The Morgan fingerprint density at radius 2 is 2.40 bits per heavy atom. The minimum atomic E-state index is -0.0308. The van der Waals surface area contributed by atoms with Crippen LogP contribution in [0.2, 0.25) is 0 Å². The van der Waals surface area contributed by atoms with Gasteiger partial charge in [0.1, 0.15) is 0 Å². The summed E-state index contributed by atoms with van der Waals surface area (Å²) in [6.07, 6.45) is 1.31. The molecule has 0 unspecified atom stereocenters. The first kappa shape index (κ1) is 9.32. The molecule has 2 rings (SSSR count). The number of hydrogen-bond acceptors (Lipinski definition) is 5. The first-order valence-electron chi connectivity index (χ1n) is 4.16. The number of hydrogen-bond donors (Lipinski definition) is 2. The Kier molecular flexibility index (Phi) is 2.17. The van der Waals surface area contributed by atoms with Crippen molar-refractivity contribution in [2.45, 2.75) is 0 Å². The number of amidine groups is 1. The average molecular weight is 207 g/mol. The van der Waals surface area contributed by atoms with E-state index in [0.717, 1.165) is 0 Å². The minimum absolute atomic E-state index is 0.0308. The summed E-state index contributed by atoms with van der Waals surface area (Å²) in [6.45, 7) is 0. The van der Waals surface area contributed by atoms with Crippen molar-refractivity contribution in [2.24, 2.45) is 10.9 Å². The zero-order chi connectivity index (χ0) is 10.8. The molecule has 78 valence electrons. The van der Waals surface area contributed by atoms with E-state index in [9.17, 15) is 0 Å². The number of ether oxygens (including phenoxy) is 1. The Hall–Kier alpha value is -2.24. The lowest BCUT2D eigenvalue weighted by atomic mass is 10.1. The van der Waals surface area contributed by atoms with Gasteiger partial charge < -0.3 is 20.1 Å². The second-order valence-electron chi connectivity index (χ2n) is 2.83. The molecule has 6 heteroatoms. The summed E-state index contributed by atoms with van der Waals surface area (Å²) in [4.78, 5) is 3.98. The van der Waals surface area contributed by atoms with Gasteiger partial charge in [0.25, 0.3) is 0 Å². The normalized spacial score (nSPS) is 11.9. The Morgan fingerprint density at radius 1 is 1.60 bits per heavy atom. The third-order valence-corrected chi connectivity index (χ3v) is 2.04. The lowest BCUT2D eigenvalue weighted by Crippen LogP contribution is -2.14. The predicted molar refractivity (Wildman–Crippen MR) is 53.1 cm³/mol. The molecule has 0 aliphatic carbocycles. The summed E-state index contributed by atoms with van der Waals surface area (Å²) < 4.78 is 10.2. The zero-order valence-corrected chi connectivity index (χ0v) is 7.97. The molecule has 15 heavy (non-hydrogen) atoms. The van der Waals surface area contributed by atoms with E-state index in [1.54, 1.807) is 12.1 Å². The van der Waals surface area contributed by atoms with Crippen molar-refractivity contribution in [1.82, 2.24) is 4.98 Å². The summed E-state index contributed by atoms with van der Waals surface area (Å²) in [7, 11) is 1.48. The number of rotatable bonds is 2. The highest BCUT2D eigenvalue weighted by molar-refractivity contribution is 6.03. The van der Waals surface area contributed by atoms with Crippen LogP contribution in [0.3, 0.4) is 0 Å².